The van der Waals surface area contributed by atoms with Gasteiger partial charge >= 0.3 is 0 Å². The van der Waals surface area contributed by atoms with Gasteiger partial charge in [0, 0.05) is 37.9 Å². The topological polar surface area (TPSA) is 34.5 Å². The molecule has 2 aliphatic rings. The zero-order valence-electron chi connectivity index (χ0n) is 18.6. The molecule has 0 bridgehead atoms. The standard InChI is InChI=1S/C26H36N2O2/c1-20(2)13-16-28-19-22(9-12-26(28)29)21-7-10-24(11-8-21)30-25-14-17-27(18-15-25)23-5-3-4-6-23/h7-12,19-20,23,25H,3-6,13-18H2,1-2H3. The van der Waals surface area contributed by atoms with E-state index < -0.39 is 0 Å². The van der Waals surface area contributed by atoms with E-state index in [1.165, 1.54) is 38.8 Å². The lowest BCUT2D eigenvalue weighted by atomic mass is 10.0. The summed E-state index contributed by atoms with van der Waals surface area (Å²) in [7, 11) is 0. The van der Waals surface area contributed by atoms with Crippen molar-refractivity contribution in [2.75, 3.05) is 13.1 Å². The van der Waals surface area contributed by atoms with Crippen LogP contribution in [0.3, 0.4) is 0 Å². The largest absolute Gasteiger partial charge is 0.490 e. The van der Waals surface area contributed by atoms with Crippen molar-refractivity contribution in [3.8, 4) is 16.9 Å². The molecule has 1 saturated heterocycles. The summed E-state index contributed by atoms with van der Waals surface area (Å²) in [4.78, 5) is 14.8. The number of piperidine rings is 1. The lowest BCUT2D eigenvalue weighted by Gasteiger charge is -2.36. The van der Waals surface area contributed by atoms with Gasteiger partial charge in [0.1, 0.15) is 11.9 Å². The van der Waals surface area contributed by atoms with Gasteiger partial charge in [0.2, 0.25) is 0 Å². The Kier molecular flexibility index (Phi) is 6.93. The molecule has 0 spiro atoms. The maximum atomic E-state index is 12.1. The average molecular weight is 409 g/mol. The monoisotopic (exact) mass is 408 g/mol. The quantitative estimate of drug-likeness (QED) is 0.620. The van der Waals surface area contributed by atoms with Crippen molar-refractivity contribution in [3.63, 3.8) is 0 Å². The molecule has 4 rings (SSSR count). The first-order chi connectivity index (χ1) is 14.6. The molecule has 4 heteroatoms. The summed E-state index contributed by atoms with van der Waals surface area (Å²) >= 11 is 0. The molecule has 1 saturated carbocycles. The summed E-state index contributed by atoms with van der Waals surface area (Å²) in [5.41, 5.74) is 2.27. The molecular weight excluding hydrogens is 372 g/mol. The Hall–Kier alpha value is -2.07. The van der Waals surface area contributed by atoms with E-state index in [2.05, 4.69) is 43.0 Å². The first kappa shape index (κ1) is 21.2. The van der Waals surface area contributed by atoms with E-state index >= 15 is 0 Å². The Morgan fingerprint density at radius 2 is 1.60 bits per heavy atom. The van der Waals surface area contributed by atoms with E-state index in [9.17, 15) is 4.79 Å². The van der Waals surface area contributed by atoms with Crippen molar-refractivity contribution in [1.29, 1.82) is 0 Å². The number of benzene rings is 1. The zero-order valence-corrected chi connectivity index (χ0v) is 18.6. The van der Waals surface area contributed by atoms with Crippen LogP contribution in [0.1, 0.15) is 58.8 Å². The van der Waals surface area contributed by atoms with Crippen LogP contribution in [0.2, 0.25) is 0 Å². The first-order valence-electron chi connectivity index (χ1n) is 11.8. The van der Waals surface area contributed by atoms with Crippen molar-refractivity contribution in [1.82, 2.24) is 9.47 Å². The number of aromatic nitrogens is 1. The summed E-state index contributed by atoms with van der Waals surface area (Å²) < 4.78 is 8.11. The van der Waals surface area contributed by atoms with E-state index in [0.29, 0.717) is 12.0 Å². The average Bonchev–Trinajstić information content (AvgIpc) is 3.29. The van der Waals surface area contributed by atoms with E-state index in [1.54, 1.807) is 6.07 Å². The number of hydrogen-bond acceptors (Lipinski definition) is 3. The molecule has 2 fully saturated rings. The minimum atomic E-state index is 0.0725. The highest BCUT2D eigenvalue weighted by Crippen LogP contribution is 2.28. The number of aryl methyl sites for hydroxylation is 1. The molecule has 2 heterocycles. The summed E-state index contributed by atoms with van der Waals surface area (Å²) in [6.45, 7) is 7.49. The molecule has 0 N–H and O–H groups in total. The molecule has 4 nitrogen and oxygen atoms in total. The normalized spacial score (nSPS) is 18.9. The Morgan fingerprint density at radius 1 is 0.933 bits per heavy atom. The van der Waals surface area contributed by atoms with Crippen LogP contribution in [0.5, 0.6) is 5.75 Å². The second-order valence-electron chi connectivity index (χ2n) is 9.45. The summed E-state index contributed by atoms with van der Waals surface area (Å²) in [5.74, 6) is 1.54. The predicted octanol–water partition coefficient (Wildman–Crippen LogP) is 5.35. The summed E-state index contributed by atoms with van der Waals surface area (Å²) in [6, 6.07) is 12.8. The van der Waals surface area contributed by atoms with Gasteiger partial charge < -0.3 is 14.2 Å². The fraction of sp³-hybridized carbons (Fsp3) is 0.577. The predicted molar refractivity (Wildman–Crippen MR) is 123 cm³/mol. The number of ether oxygens (including phenoxy) is 1. The van der Waals surface area contributed by atoms with Crippen LogP contribution in [0.15, 0.2) is 47.4 Å². The van der Waals surface area contributed by atoms with Crippen molar-refractivity contribution in [2.45, 2.75) is 77.5 Å². The summed E-state index contributed by atoms with van der Waals surface area (Å²) in [6.07, 6.45) is 11.2. The number of likely N-dealkylation sites (tertiary alicyclic amines) is 1. The van der Waals surface area contributed by atoms with E-state index in [0.717, 1.165) is 48.7 Å². The highest BCUT2D eigenvalue weighted by molar-refractivity contribution is 5.63. The van der Waals surface area contributed by atoms with Gasteiger partial charge in [-0.1, -0.05) is 38.8 Å². The molecule has 2 aromatic rings. The molecule has 1 aromatic heterocycles. The fourth-order valence-electron chi connectivity index (χ4n) is 4.82. The maximum absolute atomic E-state index is 12.1. The van der Waals surface area contributed by atoms with Gasteiger partial charge in [-0.3, -0.25) is 4.79 Å². The van der Waals surface area contributed by atoms with Gasteiger partial charge in [-0.05, 0) is 67.3 Å². The minimum absolute atomic E-state index is 0.0725. The molecule has 1 aliphatic heterocycles. The Balaban J connectivity index is 1.34. The molecule has 0 amide bonds. The molecule has 0 unspecified atom stereocenters. The SMILES string of the molecule is CC(C)CCn1cc(-c2ccc(OC3CCN(C4CCCC4)CC3)cc2)ccc1=O. The van der Waals surface area contributed by atoms with Crippen LogP contribution in [0.25, 0.3) is 11.1 Å². The van der Waals surface area contributed by atoms with Gasteiger partial charge in [0.25, 0.3) is 5.56 Å². The van der Waals surface area contributed by atoms with E-state index in [4.69, 9.17) is 4.74 Å². The minimum Gasteiger partial charge on any atom is -0.490 e. The molecule has 0 atom stereocenters. The molecule has 162 valence electrons. The van der Waals surface area contributed by atoms with Gasteiger partial charge in [-0.25, -0.2) is 0 Å². The number of rotatable bonds is 7. The smallest absolute Gasteiger partial charge is 0.250 e. The van der Waals surface area contributed by atoms with E-state index in [1.807, 2.05) is 16.8 Å². The Labute approximate surface area is 180 Å². The highest BCUT2D eigenvalue weighted by atomic mass is 16.5. The molecule has 1 aromatic carbocycles. The van der Waals surface area contributed by atoms with Crippen molar-refractivity contribution < 1.29 is 4.74 Å². The second kappa shape index (κ2) is 9.82. The third-order valence-electron chi connectivity index (χ3n) is 6.74. The molecule has 0 radical (unpaired) electrons. The van der Waals surface area contributed by atoms with Gasteiger partial charge in [-0.15, -0.1) is 0 Å². The van der Waals surface area contributed by atoms with Crippen LogP contribution in [-0.4, -0.2) is 34.7 Å². The number of pyridine rings is 1. The van der Waals surface area contributed by atoms with E-state index in [-0.39, 0.29) is 5.56 Å². The Bertz CT molecular complexity index is 857. The lowest BCUT2D eigenvalue weighted by molar-refractivity contribution is 0.0768. The van der Waals surface area contributed by atoms with Gasteiger partial charge in [-0.2, -0.15) is 0 Å². The Morgan fingerprint density at radius 3 is 2.27 bits per heavy atom. The third-order valence-corrected chi connectivity index (χ3v) is 6.74. The van der Waals surface area contributed by atoms with Crippen molar-refractivity contribution in [3.05, 3.63) is 52.9 Å². The van der Waals surface area contributed by atoms with Crippen LogP contribution in [0, 0.1) is 5.92 Å². The molecule has 1 aliphatic carbocycles. The van der Waals surface area contributed by atoms with Gasteiger partial charge in [0.15, 0.2) is 0 Å². The lowest BCUT2D eigenvalue weighted by Crippen LogP contribution is -2.43. The second-order valence-corrected chi connectivity index (χ2v) is 9.45. The van der Waals surface area contributed by atoms with Crippen molar-refractivity contribution in [2.24, 2.45) is 5.92 Å². The molecule has 30 heavy (non-hydrogen) atoms. The summed E-state index contributed by atoms with van der Waals surface area (Å²) in [5, 5.41) is 0. The van der Waals surface area contributed by atoms with Crippen LogP contribution < -0.4 is 10.3 Å². The third kappa shape index (κ3) is 5.34. The fourth-order valence-corrected chi connectivity index (χ4v) is 4.82. The van der Waals surface area contributed by atoms with Crippen LogP contribution >= 0.6 is 0 Å². The van der Waals surface area contributed by atoms with Crippen LogP contribution in [0.4, 0.5) is 0 Å². The van der Waals surface area contributed by atoms with Crippen molar-refractivity contribution >= 4 is 0 Å². The maximum Gasteiger partial charge on any atom is 0.250 e. The number of hydrogen-bond donors (Lipinski definition) is 0. The van der Waals surface area contributed by atoms with Gasteiger partial charge in [0.05, 0.1) is 0 Å². The highest BCUT2D eigenvalue weighted by Gasteiger charge is 2.27. The zero-order chi connectivity index (χ0) is 20.9. The molecular formula is C26H36N2O2. The first-order valence-corrected chi connectivity index (χ1v) is 11.8. The number of nitrogens with zero attached hydrogens (tertiary/aromatic N) is 2. The van der Waals surface area contributed by atoms with Crippen LogP contribution in [-0.2, 0) is 6.54 Å².